The Balaban J connectivity index is 1.81. The molecule has 6 heteroatoms. The Hall–Kier alpha value is -1.61. The van der Waals surface area contributed by atoms with E-state index < -0.39 is 0 Å². The second-order valence-electron chi connectivity index (χ2n) is 4.54. The third-order valence-electron chi connectivity index (χ3n) is 3.38. The highest BCUT2D eigenvalue weighted by molar-refractivity contribution is 5.82. The van der Waals surface area contributed by atoms with E-state index >= 15 is 0 Å². The maximum Gasteiger partial charge on any atom is 0.251 e. The minimum atomic E-state index is -0.286. The lowest BCUT2D eigenvalue weighted by Crippen LogP contribution is -2.52. The SMILES string of the molecule is N#CCC(=O)N1CCN(C(=O)C2CCCO2)CC1. The van der Waals surface area contributed by atoms with Gasteiger partial charge in [-0.3, -0.25) is 9.59 Å². The van der Waals surface area contributed by atoms with Gasteiger partial charge in [-0.2, -0.15) is 5.26 Å². The van der Waals surface area contributed by atoms with Crippen LogP contribution in [0.25, 0.3) is 0 Å². The van der Waals surface area contributed by atoms with Gasteiger partial charge in [-0.05, 0) is 12.8 Å². The molecule has 2 fully saturated rings. The number of nitriles is 1. The fourth-order valence-corrected chi connectivity index (χ4v) is 2.33. The number of hydrogen-bond donors (Lipinski definition) is 0. The Morgan fingerprint density at radius 2 is 1.89 bits per heavy atom. The molecule has 18 heavy (non-hydrogen) atoms. The molecule has 6 nitrogen and oxygen atoms in total. The largest absolute Gasteiger partial charge is 0.368 e. The van der Waals surface area contributed by atoms with Crippen LogP contribution in [-0.2, 0) is 14.3 Å². The number of hydrogen-bond acceptors (Lipinski definition) is 4. The molecule has 0 aliphatic carbocycles. The Bertz CT molecular complexity index is 363. The molecule has 1 atom stereocenters. The highest BCUT2D eigenvalue weighted by atomic mass is 16.5. The summed E-state index contributed by atoms with van der Waals surface area (Å²) in [4.78, 5) is 27.0. The highest BCUT2D eigenvalue weighted by Gasteiger charge is 2.31. The molecule has 0 radical (unpaired) electrons. The van der Waals surface area contributed by atoms with Crippen LogP contribution in [0.15, 0.2) is 0 Å². The molecule has 0 aromatic heterocycles. The quantitative estimate of drug-likeness (QED) is 0.678. The van der Waals surface area contributed by atoms with Crippen molar-refractivity contribution in [1.82, 2.24) is 9.80 Å². The second kappa shape index (κ2) is 5.83. The molecular weight excluding hydrogens is 234 g/mol. The van der Waals surface area contributed by atoms with Gasteiger partial charge in [0.05, 0.1) is 6.07 Å². The lowest BCUT2D eigenvalue weighted by Gasteiger charge is -2.35. The zero-order chi connectivity index (χ0) is 13.0. The van der Waals surface area contributed by atoms with Gasteiger partial charge >= 0.3 is 0 Å². The molecule has 0 aromatic carbocycles. The van der Waals surface area contributed by atoms with Crippen molar-refractivity contribution < 1.29 is 14.3 Å². The van der Waals surface area contributed by atoms with Crippen molar-refractivity contribution in [2.75, 3.05) is 32.8 Å². The van der Waals surface area contributed by atoms with Crippen molar-refractivity contribution in [3.63, 3.8) is 0 Å². The Morgan fingerprint density at radius 1 is 1.22 bits per heavy atom. The minimum absolute atomic E-state index is 0.0416. The van der Waals surface area contributed by atoms with Crippen LogP contribution in [0.2, 0.25) is 0 Å². The van der Waals surface area contributed by atoms with E-state index in [2.05, 4.69) is 0 Å². The molecule has 2 aliphatic rings. The van der Waals surface area contributed by atoms with E-state index in [9.17, 15) is 9.59 Å². The zero-order valence-electron chi connectivity index (χ0n) is 10.3. The summed E-state index contributed by atoms with van der Waals surface area (Å²) in [5.74, 6) is -0.110. The lowest BCUT2D eigenvalue weighted by molar-refractivity contribution is -0.145. The highest BCUT2D eigenvalue weighted by Crippen LogP contribution is 2.16. The van der Waals surface area contributed by atoms with Gasteiger partial charge in [0, 0.05) is 32.8 Å². The first-order valence-corrected chi connectivity index (χ1v) is 6.27. The number of ether oxygens (including phenoxy) is 1. The Kier molecular flexibility index (Phi) is 4.15. The first-order chi connectivity index (χ1) is 8.72. The van der Waals surface area contributed by atoms with Crippen molar-refractivity contribution in [3.05, 3.63) is 0 Å². The smallest absolute Gasteiger partial charge is 0.251 e. The molecule has 2 amide bonds. The summed E-state index contributed by atoms with van der Waals surface area (Å²) in [6.07, 6.45) is 1.37. The van der Waals surface area contributed by atoms with Crippen molar-refractivity contribution >= 4 is 11.8 Å². The molecule has 0 bridgehead atoms. The Morgan fingerprint density at radius 3 is 2.44 bits per heavy atom. The molecule has 2 rings (SSSR count). The maximum absolute atomic E-state index is 12.0. The molecule has 0 aromatic rings. The molecule has 0 spiro atoms. The fraction of sp³-hybridized carbons (Fsp3) is 0.750. The van der Waals surface area contributed by atoms with Gasteiger partial charge in [0.2, 0.25) is 5.91 Å². The van der Waals surface area contributed by atoms with Crippen LogP contribution in [0.5, 0.6) is 0 Å². The van der Waals surface area contributed by atoms with Crippen molar-refractivity contribution in [2.24, 2.45) is 0 Å². The average Bonchev–Trinajstić information content (AvgIpc) is 2.92. The van der Waals surface area contributed by atoms with E-state index in [0.717, 1.165) is 12.8 Å². The molecule has 98 valence electrons. The molecule has 2 aliphatic heterocycles. The van der Waals surface area contributed by atoms with Crippen LogP contribution < -0.4 is 0 Å². The maximum atomic E-state index is 12.0. The molecule has 0 saturated carbocycles. The predicted molar refractivity (Wildman–Crippen MR) is 62.4 cm³/mol. The van der Waals surface area contributed by atoms with Gasteiger partial charge in [0.15, 0.2) is 0 Å². The van der Waals surface area contributed by atoms with E-state index in [1.807, 2.05) is 6.07 Å². The van der Waals surface area contributed by atoms with Crippen LogP contribution in [-0.4, -0.2) is 60.5 Å². The van der Waals surface area contributed by atoms with Crippen LogP contribution >= 0.6 is 0 Å². The van der Waals surface area contributed by atoms with Gasteiger partial charge in [-0.25, -0.2) is 0 Å². The molecule has 2 saturated heterocycles. The summed E-state index contributed by atoms with van der Waals surface area (Å²) in [6, 6.07) is 1.85. The van der Waals surface area contributed by atoms with Crippen LogP contribution in [0.3, 0.4) is 0 Å². The van der Waals surface area contributed by atoms with E-state index in [0.29, 0.717) is 32.8 Å². The van der Waals surface area contributed by atoms with Crippen molar-refractivity contribution in [3.8, 4) is 6.07 Å². The first-order valence-electron chi connectivity index (χ1n) is 6.27. The van der Waals surface area contributed by atoms with Crippen molar-refractivity contribution in [2.45, 2.75) is 25.4 Å². The lowest BCUT2D eigenvalue weighted by atomic mass is 10.2. The topological polar surface area (TPSA) is 73.6 Å². The summed E-state index contributed by atoms with van der Waals surface area (Å²) in [5.41, 5.74) is 0. The molecule has 2 heterocycles. The zero-order valence-corrected chi connectivity index (χ0v) is 10.3. The van der Waals surface area contributed by atoms with Gasteiger partial charge in [-0.15, -0.1) is 0 Å². The summed E-state index contributed by atoms with van der Waals surface area (Å²) in [6.45, 7) is 2.76. The summed E-state index contributed by atoms with van der Waals surface area (Å²) in [5, 5.41) is 8.47. The molecular formula is C12H17N3O3. The van der Waals surface area contributed by atoms with E-state index in [-0.39, 0.29) is 24.3 Å². The number of carbonyl (C=O) groups is 2. The minimum Gasteiger partial charge on any atom is -0.368 e. The second-order valence-corrected chi connectivity index (χ2v) is 4.54. The fourth-order valence-electron chi connectivity index (χ4n) is 2.33. The third-order valence-corrected chi connectivity index (χ3v) is 3.38. The van der Waals surface area contributed by atoms with Gasteiger partial charge in [0.25, 0.3) is 5.91 Å². The van der Waals surface area contributed by atoms with Crippen LogP contribution in [0.4, 0.5) is 0 Å². The Labute approximate surface area is 106 Å². The van der Waals surface area contributed by atoms with E-state index in [4.69, 9.17) is 10.00 Å². The molecule has 1 unspecified atom stereocenters. The normalized spacial score (nSPS) is 23.8. The summed E-state index contributed by atoms with van der Waals surface area (Å²) < 4.78 is 5.37. The van der Waals surface area contributed by atoms with Gasteiger partial charge in [0.1, 0.15) is 12.5 Å². The summed E-state index contributed by atoms with van der Waals surface area (Å²) in [7, 11) is 0. The predicted octanol–water partition coefficient (Wildman–Crippen LogP) is -0.250. The van der Waals surface area contributed by atoms with Crippen LogP contribution in [0.1, 0.15) is 19.3 Å². The van der Waals surface area contributed by atoms with Gasteiger partial charge in [-0.1, -0.05) is 0 Å². The van der Waals surface area contributed by atoms with Gasteiger partial charge < -0.3 is 14.5 Å². The average molecular weight is 251 g/mol. The van der Waals surface area contributed by atoms with E-state index in [1.165, 1.54) is 0 Å². The number of rotatable bonds is 2. The number of carbonyl (C=O) groups excluding carboxylic acids is 2. The monoisotopic (exact) mass is 251 g/mol. The number of piperazine rings is 1. The summed E-state index contributed by atoms with van der Waals surface area (Å²) >= 11 is 0. The standard InChI is InChI=1S/C12H17N3O3/c13-4-3-11(16)14-5-7-15(8-6-14)12(17)10-2-1-9-18-10/h10H,1-3,5-9H2. The van der Waals surface area contributed by atoms with Crippen LogP contribution in [0, 0.1) is 11.3 Å². The number of amides is 2. The first kappa shape index (κ1) is 12.8. The van der Waals surface area contributed by atoms with Crippen molar-refractivity contribution in [1.29, 1.82) is 5.26 Å². The number of nitrogens with zero attached hydrogens (tertiary/aromatic N) is 3. The molecule has 0 N–H and O–H groups in total. The third kappa shape index (κ3) is 2.79. The van der Waals surface area contributed by atoms with E-state index in [1.54, 1.807) is 9.80 Å².